The monoisotopic (exact) mass is 237 g/mol. The zero-order chi connectivity index (χ0) is 11.7. The molecule has 0 aliphatic rings. The quantitative estimate of drug-likeness (QED) is 0.865. The minimum absolute atomic E-state index is 0.176. The van der Waals surface area contributed by atoms with Gasteiger partial charge in [-0.05, 0) is 18.2 Å². The summed E-state index contributed by atoms with van der Waals surface area (Å²) in [5, 5.41) is 17.0. The topological polar surface area (TPSA) is 68.0 Å². The summed E-state index contributed by atoms with van der Waals surface area (Å²) >= 11 is 5.85. The highest BCUT2D eigenvalue weighted by atomic mass is 35.5. The highest BCUT2D eigenvalue weighted by Gasteiger charge is 2.14. The molecule has 2 rings (SSSR count). The standard InChI is InChI=1S/C10H8ClN3O2/c1-14-9(5-12-13-14)8-4-6(11)2-3-7(8)10(15)16/h2-5H,1H3,(H,15,16). The molecule has 0 saturated heterocycles. The molecular formula is C10H8ClN3O2. The maximum absolute atomic E-state index is 11.0. The SMILES string of the molecule is Cn1nncc1-c1cc(Cl)ccc1C(=O)O. The van der Waals surface area contributed by atoms with Gasteiger partial charge in [-0.25, -0.2) is 9.48 Å². The number of aryl methyl sites for hydroxylation is 1. The molecule has 6 heteroatoms. The molecule has 1 aromatic heterocycles. The van der Waals surface area contributed by atoms with Crippen molar-refractivity contribution >= 4 is 17.6 Å². The van der Waals surface area contributed by atoms with Crippen LogP contribution < -0.4 is 0 Å². The number of benzene rings is 1. The van der Waals surface area contributed by atoms with E-state index in [1.165, 1.54) is 23.0 Å². The zero-order valence-corrected chi connectivity index (χ0v) is 9.14. The van der Waals surface area contributed by atoms with Gasteiger partial charge in [0.1, 0.15) is 0 Å². The molecule has 0 unspecified atom stereocenters. The highest BCUT2D eigenvalue weighted by molar-refractivity contribution is 6.31. The van der Waals surface area contributed by atoms with Crippen LogP contribution in [0.5, 0.6) is 0 Å². The van der Waals surface area contributed by atoms with Gasteiger partial charge in [-0.3, -0.25) is 0 Å². The summed E-state index contributed by atoms with van der Waals surface area (Å²) in [5.41, 5.74) is 1.29. The Morgan fingerprint density at radius 3 is 2.81 bits per heavy atom. The fraction of sp³-hybridized carbons (Fsp3) is 0.100. The van der Waals surface area contributed by atoms with Crippen molar-refractivity contribution in [3.63, 3.8) is 0 Å². The first-order chi connectivity index (χ1) is 7.59. The first-order valence-corrected chi connectivity index (χ1v) is 4.85. The predicted octanol–water partition coefficient (Wildman–Crippen LogP) is 1.83. The molecule has 0 aliphatic carbocycles. The number of hydrogen-bond acceptors (Lipinski definition) is 3. The molecule has 82 valence electrons. The molecule has 0 amide bonds. The molecule has 0 saturated carbocycles. The van der Waals surface area contributed by atoms with Crippen molar-refractivity contribution in [2.75, 3.05) is 0 Å². The summed E-state index contributed by atoms with van der Waals surface area (Å²) in [6.45, 7) is 0. The van der Waals surface area contributed by atoms with Crippen LogP contribution >= 0.6 is 11.6 Å². The van der Waals surface area contributed by atoms with Crippen molar-refractivity contribution in [3.05, 3.63) is 35.0 Å². The highest BCUT2D eigenvalue weighted by Crippen LogP contribution is 2.25. The van der Waals surface area contributed by atoms with Crippen LogP contribution in [0.2, 0.25) is 5.02 Å². The van der Waals surface area contributed by atoms with Crippen LogP contribution in [0.1, 0.15) is 10.4 Å². The lowest BCUT2D eigenvalue weighted by Gasteiger charge is -2.05. The van der Waals surface area contributed by atoms with Gasteiger partial charge < -0.3 is 5.11 Å². The third-order valence-corrected chi connectivity index (χ3v) is 2.44. The smallest absolute Gasteiger partial charge is 0.336 e. The Morgan fingerprint density at radius 1 is 1.50 bits per heavy atom. The van der Waals surface area contributed by atoms with Gasteiger partial charge in [0.05, 0.1) is 17.5 Å². The average Bonchev–Trinajstić information content (AvgIpc) is 2.63. The number of nitrogens with zero attached hydrogens (tertiary/aromatic N) is 3. The Hall–Kier alpha value is -1.88. The van der Waals surface area contributed by atoms with E-state index in [-0.39, 0.29) is 5.56 Å². The molecule has 16 heavy (non-hydrogen) atoms. The van der Waals surface area contributed by atoms with Gasteiger partial charge in [-0.2, -0.15) is 0 Å². The number of aromatic nitrogens is 3. The summed E-state index contributed by atoms with van der Waals surface area (Å²) < 4.78 is 1.50. The predicted molar refractivity (Wildman–Crippen MR) is 58.4 cm³/mol. The van der Waals surface area contributed by atoms with Crippen molar-refractivity contribution in [2.24, 2.45) is 7.05 Å². The average molecular weight is 238 g/mol. The van der Waals surface area contributed by atoms with E-state index >= 15 is 0 Å². The Morgan fingerprint density at radius 2 is 2.25 bits per heavy atom. The van der Waals surface area contributed by atoms with Crippen LogP contribution in [0.3, 0.4) is 0 Å². The molecule has 0 fully saturated rings. The first-order valence-electron chi connectivity index (χ1n) is 4.47. The summed E-state index contributed by atoms with van der Waals surface area (Å²) in [5.74, 6) is -1.01. The van der Waals surface area contributed by atoms with Crippen LogP contribution in [0.25, 0.3) is 11.3 Å². The summed E-state index contributed by atoms with van der Waals surface area (Å²) in [6, 6.07) is 4.59. The number of carboxylic acids is 1. The molecule has 1 aromatic carbocycles. The molecule has 1 N–H and O–H groups in total. The Bertz CT molecular complexity index is 551. The van der Waals surface area contributed by atoms with Gasteiger partial charge in [0, 0.05) is 17.6 Å². The van der Waals surface area contributed by atoms with Crippen LogP contribution in [-0.4, -0.2) is 26.1 Å². The third-order valence-electron chi connectivity index (χ3n) is 2.20. The van der Waals surface area contributed by atoms with Crippen molar-refractivity contribution < 1.29 is 9.90 Å². The molecule has 5 nitrogen and oxygen atoms in total. The molecule has 0 radical (unpaired) electrons. The van der Waals surface area contributed by atoms with Crippen LogP contribution in [0.15, 0.2) is 24.4 Å². The third kappa shape index (κ3) is 1.77. The Kier molecular flexibility index (Phi) is 2.62. The second kappa shape index (κ2) is 3.94. The first kappa shape index (κ1) is 10.6. The van der Waals surface area contributed by atoms with Crippen molar-refractivity contribution in [1.29, 1.82) is 0 Å². The molecule has 0 spiro atoms. The van der Waals surface area contributed by atoms with E-state index in [0.717, 1.165) is 0 Å². The lowest BCUT2D eigenvalue weighted by Crippen LogP contribution is -2.02. The second-order valence-corrected chi connectivity index (χ2v) is 3.67. The number of aromatic carboxylic acids is 1. The summed E-state index contributed by atoms with van der Waals surface area (Å²) in [4.78, 5) is 11.0. The minimum Gasteiger partial charge on any atom is -0.478 e. The van der Waals surface area contributed by atoms with E-state index < -0.39 is 5.97 Å². The van der Waals surface area contributed by atoms with E-state index in [1.54, 1.807) is 13.1 Å². The van der Waals surface area contributed by atoms with Gasteiger partial charge in [0.15, 0.2) is 0 Å². The minimum atomic E-state index is -1.01. The van der Waals surface area contributed by atoms with Crippen molar-refractivity contribution in [1.82, 2.24) is 15.0 Å². The van der Waals surface area contributed by atoms with Crippen LogP contribution in [-0.2, 0) is 7.05 Å². The molecule has 1 heterocycles. The van der Waals surface area contributed by atoms with Crippen molar-refractivity contribution in [3.8, 4) is 11.3 Å². The normalized spacial score (nSPS) is 10.4. The molecular weight excluding hydrogens is 230 g/mol. The van der Waals surface area contributed by atoms with Crippen LogP contribution in [0, 0.1) is 0 Å². The number of carboxylic acid groups (broad SMARTS) is 1. The van der Waals surface area contributed by atoms with Gasteiger partial charge >= 0.3 is 5.97 Å². The fourth-order valence-electron chi connectivity index (χ4n) is 1.45. The molecule has 2 aromatic rings. The van der Waals surface area contributed by atoms with Crippen LogP contribution in [0.4, 0.5) is 0 Å². The molecule has 0 bridgehead atoms. The Labute approximate surface area is 96.3 Å². The van der Waals surface area contributed by atoms with E-state index in [9.17, 15) is 4.79 Å². The number of halogens is 1. The largest absolute Gasteiger partial charge is 0.478 e. The van der Waals surface area contributed by atoms with Gasteiger partial charge in [-0.15, -0.1) is 5.10 Å². The Balaban J connectivity index is 2.67. The van der Waals surface area contributed by atoms with Gasteiger partial charge in [-0.1, -0.05) is 16.8 Å². The number of carbonyl (C=O) groups is 1. The zero-order valence-electron chi connectivity index (χ0n) is 8.38. The number of hydrogen-bond donors (Lipinski definition) is 1. The number of rotatable bonds is 2. The van der Waals surface area contributed by atoms with Crippen molar-refractivity contribution in [2.45, 2.75) is 0 Å². The summed E-state index contributed by atoms with van der Waals surface area (Å²) in [6.07, 6.45) is 1.50. The van der Waals surface area contributed by atoms with Gasteiger partial charge in [0.25, 0.3) is 0 Å². The lowest BCUT2D eigenvalue weighted by atomic mass is 10.1. The van der Waals surface area contributed by atoms with E-state index in [4.69, 9.17) is 16.7 Å². The van der Waals surface area contributed by atoms with Gasteiger partial charge in [0.2, 0.25) is 0 Å². The lowest BCUT2D eigenvalue weighted by molar-refractivity contribution is 0.0697. The fourth-order valence-corrected chi connectivity index (χ4v) is 1.62. The maximum Gasteiger partial charge on any atom is 0.336 e. The van der Waals surface area contributed by atoms with E-state index in [1.807, 2.05) is 0 Å². The second-order valence-electron chi connectivity index (χ2n) is 3.24. The van der Waals surface area contributed by atoms with E-state index in [2.05, 4.69) is 10.3 Å². The maximum atomic E-state index is 11.0. The molecule has 0 atom stereocenters. The molecule has 0 aliphatic heterocycles. The summed E-state index contributed by atoms with van der Waals surface area (Å²) in [7, 11) is 1.69. The van der Waals surface area contributed by atoms with E-state index in [0.29, 0.717) is 16.3 Å².